The van der Waals surface area contributed by atoms with Crippen molar-refractivity contribution >= 4 is 34.0 Å². The average Bonchev–Trinajstić information content (AvgIpc) is 2.68. The summed E-state index contributed by atoms with van der Waals surface area (Å²) in [6.07, 6.45) is 1.70. The topological polar surface area (TPSA) is 79.8 Å². The van der Waals surface area contributed by atoms with Gasteiger partial charge in [-0.1, -0.05) is 36.4 Å². The van der Waals surface area contributed by atoms with Crippen LogP contribution in [0, 0.1) is 6.92 Å². The Morgan fingerprint density at radius 3 is 2.59 bits per heavy atom. The van der Waals surface area contributed by atoms with Crippen molar-refractivity contribution in [2.45, 2.75) is 6.92 Å². The number of fused-ring (bicyclic) bond motifs is 1. The average molecular weight is 355 g/mol. The molecule has 0 aliphatic carbocycles. The molecular formula is C21H17N5O. The van der Waals surface area contributed by atoms with Gasteiger partial charge >= 0.3 is 0 Å². The predicted octanol–water partition coefficient (Wildman–Crippen LogP) is 4.33. The molecule has 132 valence electrons. The number of hydrogen-bond donors (Lipinski definition) is 2. The number of hydrogen-bond acceptors (Lipinski definition) is 5. The fourth-order valence-corrected chi connectivity index (χ4v) is 2.81. The van der Waals surface area contributed by atoms with Crippen molar-refractivity contribution in [3.8, 4) is 0 Å². The number of aryl methyl sites for hydroxylation is 1. The van der Waals surface area contributed by atoms with Gasteiger partial charge < -0.3 is 10.6 Å². The first-order valence-electron chi connectivity index (χ1n) is 8.52. The highest BCUT2D eigenvalue weighted by Crippen LogP contribution is 2.22. The standard InChI is InChI=1S/C21H17N5O/c1-14-23-18(13-19(24-14)25-16-9-3-2-4-10-16)21(27)26-17-11-5-7-15-8-6-12-22-20(15)17/h2-13H,1H3,(H,26,27)(H,23,24,25). The molecule has 1 amide bonds. The first kappa shape index (κ1) is 16.7. The Morgan fingerprint density at radius 1 is 0.926 bits per heavy atom. The van der Waals surface area contributed by atoms with E-state index in [1.165, 1.54) is 0 Å². The van der Waals surface area contributed by atoms with Crippen molar-refractivity contribution in [1.82, 2.24) is 15.0 Å². The minimum Gasteiger partial charge on any atom is -0.340 e. The summed E-state index contributed by atoms with van der Waals surface area (Å²) in [5, 5.41) is 7.05. The minimum atomic E-state index is -0.310. The summed E-state index contributed by atoms with van der Waals surface area (Å²) >= 11 is 0. The van der Waals surface area contributed by atoms with Crippen molar-refractivity contribution in [3.05, 3.63) is 84.4 Å². The van der Waals surface area contributed by atoms with Crippen molar-refractivity contribution < 1.29 is 4.79 Å². The lowest BCUT2D eigenvalue weighted by atomic mass is 10.2. The van der Waals surface area contributed by atoms with Gasteiger partial charge in [0.1, 0.15) is 17.3 Å². The molecule has 0 atom stereocenters. The number of rotatable bonds is 4. The van der Waals surface area contributed by atoms with Crippen LogP contribution in [0.4, 0.5) is 17.2 Å². The highest BCUT2D eigenvalue weighted by Gasteiger charge is 2.13. The van der Waals surface area contributed by atoms with E-state index in [9.17, 15) is 4.79 Å². The lowest BCUT2D eigenvalue weighted by molar-refractivity contribution is 0.102. The van der Waals surface area contributed by atoms with E-state index in [2.05, 4.69) is 25.6 Å². The number of aromatic nitrogens is 3. The van der Waals surface area contributed by atoms with Crippen LogP contribution in [-0.2, 0) is 0 Å². The van der Waals surface area contributed by atoms with Crippen LogP contribution in [-0.4, -0.2) is 20.9 Å². The van der Waals surface area contributed by atoms with Crippen LogP contribution in [0.2, 0.25) is 0 Å². The molecule has 0 radical (unpaired) electrons. The normalized spacial score (nSPS) is 10.6. The van der Waals surface area contributed by atoms with Crippen LogP contribution in [0.1, 0.15) is 16.3 Å². The molecule has 2 N–H and O–H groups in total. The fourth-order valence-electron chi connectivity index (χ4n) is 2.81. The largest absolute Gasteiger partial charge is 0.340 e. The van der Waals surface area contributed by atoms with E-state index in [0.29, 0.717) is 17.3 Å². The molecule has 0 bridgehead atoms. The summed E-state index contributed by atoms with van der Waals surface area (Å²) in [6, 6.07) is 20.8. The second-order valence-electron chi connectivity index (χ2n) is 6.01. The van der Waals surface area contributed by atoms with Crippen LogP contribution >= 0.6 is 0 Å². The van der Waals surface area contributed by atoms with Crippen LogP contribution in [0.3, 0.4) is 0 Å². The number of nitrogens with zero attached hydrogens (tertiary/aromatic N) is 3. The van der Waals surface area contributed by atoms with Gasteiger partial charge in [-0.2, -0.15) is 0 Å². The van der Waals surface area contributed by atoms with Gasteiger partial charge in [0.25, 0.3) is 5.91 Å². The molecule has 0 unspecified atom stereocenters. The molecule has 27 heavy (non-hydrogen) atoms. The molecule has 0 saturated carbocycles. The van der Waals surface area contributed by atoms with Crippen molar-refractivity contribution in [1.29, 1.82) is 0 Å². The van der Waals surface area contributed by atoms with Crippen molar-refractivity contribution in [2.24, 2.45) is 0 Å². The molecule has 6 nitrogen and oxygen atoms in total. The first-order valence-corrected chi connectivity index (χ1v) is 8.52. The van der Waals surface area contributed by atoms with Gasteiger partial charge in [-0.3, -0.25) is 9.78 Å². The maximum Gasteiger partial charge on any atom is 0.274 e. The van der Waals surface area contributed by atoms with Crippen LogP contribution in [0.25, 0.3) is 10.9 Å². The second kappa shape index (κ2) is 7.21. The van der Waals surface area contributed by atoms with E-state index in [1.807, 2.05) is 60.7 Å². The third-order valence-electron chi connectivity index (χ3n) is 4.00. The molecule has 0 aliphatic heterocycles. The predicted molar refractivity (Wildman–Crippen MR) is 106 cm³/mol. The fraction of sp³-hybridized carbons (Fsp3) is 0.0476. The Morgan fingerprint density at radius 2 is 1.74 bits per heavy atom. The Bertz CT molecular complexity index is 1110. The highest BCUT2D eigenvalue weighted by atomic mass is 16.1. The monoisotopic (exact) mass is 355 g/mol. The van der Waals surface area contributed by atoms with E-state index in [-0.39, 0.29) is 11.6 Å². The lowest BCUT2D eigenvalue weighted by Gasteiger charge is -2.10. The molecular weight excluding hydrogens is 338 g/mol. The number of carbonyl (C=O) groups is 1. The number of para-hydroxylation sites is 2. The van der Waals surface area contributed by atoms with E-state index < -0.39 is 0 Å². The summed E-state index contributed by atoms with van der Waals surface area (Å²) < 4.78 is 0. The lowest BCUT2D eigenvalue weighted by Crippen LogP contribution is -2.15. The van der Waals surface area contributed by atoms with Gasteiger partial charge in [0, 0.05) is 23.3 Å². The van der Waals surface area contributed by atoms with Crippen molar-refractivity contribution in [2.75, 3.05) is 10.6 Å². The zero-order chi connectivity index (χ0) is 18.6. The van der Waals surface area contributed by atoms with Gasteiger partial charge in [0.15, 0.2) is 0 Å². The van der Waals surface area contributed by atoms with E-state index in [0.717, 1.165) is 16.6 Å². The summed E-state index contributed by atoms with van der Waals surface area (Å²) in [5.41, 5.74) is 2.56. The van der Waals surface area contributed by atoms with Crippen molar-refractivity contribution in [3.63, 3.8) is 0 Å². The quantitative estimate of drug-likeness (QED) is 0.569. The SMILES string of the molecule is Cc1nc(Nc2ccccc2)cc(C(=O)Nc2cccc3cccnc23)n1. The molecule has 0 spiro atoms. The molecule has 2 aromatic carbocycles. The third-order valence-corrected chi connectivity index (χ3v) is 4.00. The number of carbonyl (C=O) groups excluding carboxylic acids is 1. The molecule has 0 fully saturated rings. The van der Waals surface area contributed by atoms with Gasteiger partial charge in [0.2, 0.25) is 0 Å². The molecule has 0 aliphatic rings. The number of anilines is 3. The minimum absolute atomic E-state index is 0.286. The number of pyridine rings is 1. The molecule has 6 heteroatoms. The maximum atomic E-state index is 12.8. The highest BCUT2D eigenvalue weighted by molar-refractivity contribution is 6.07. The summed E-state index contributed by atoms with van der Waals surface area (Å²) in [6.45, 7) is 1.76. The maximum absolute atomic E-state index is 12.8. The number of amides is 1. The third kappa shape index (κ3) is 3.74. The molecule has 2 heterocycles. The molecule has 4 rings (SSSR count). The molecule has 4 aromatic rings. The van der Waals surface area contributed by atoms with Crippen LogP contribution < -0.4 is 10.6 Å². The van der Waals surface area contributed by atoms with Gasteiger partial charge in [-0.25, -0.2) is 9.97 Å². The van der Waals surface area contributed by atoms with Crippen LogP contribution in [0.5, 0.6) is 0 Å². The molecule has 2 aromatic heterocycles. The molecule has 0 saturated heterocycles. The van der Waals surface area contributed by atoms with E-state index in [1.54, 1.807) is 19.2 Å². The number of benzene rings is 2. The Labute approximate surface area is 156 Å². The zero-order valence-corrected chi connectivity index (χ0v) is 14.7. The Kier molecular flexibility index (Phi) is 4.45. The van der Waals surface area contributed by atoms with Gasteiger partial charge in [-0.15, -0.1) is 0 Å². The Hall–Kier alpha value is -3.80. The first-order chi connectivity index (χ1) is 13.2. The zero-order valence-electron chi connectivity index (χ0n) is 14.7. The Balaban J connectivity index is 1.62. The smallest absolute Gasteiger partial charge is 0.274 e. The van der Waals surface area contributed by atoms with Gasteiger partial charge in [0.05, 0.1) is 11.2 Å². The summed E-state index contributed by atoms with van der Waals surface area (Å²) in [7, 11) is 0. The number of nitrogens with one attached hydrogen (secondary N) is 2. The van der Waals surface area contributed by atoms with Crippen LogP contribution in [0.15, 0.2) is 72.9 Å². The summed E-state index contributed by atoms with van der Waals surface area (Å²) in [5.74, 6) is 0.766. The summed E-state index contributed by atoms with van der Waals surface area (Å²) in [4.78, 5) is 25.7. The van der Waals surface area contributed by atoms with E-state index in [4.69, 9.17) is 0 Å². The second-order valence-corrected chi connectivity index (χ2v) is 6.01. The van der Waals surface area contributed by atoms with Gasteiger partial charge in [-0.05, 0) is 31.2 Å². The van der Waals surface area contributed by atoms with E-state index >= 15 is 0 Å².